The topological polar surface area (TPSA) is 41.1 Å². The van der Waals surface area contributed by atoms with E-state index in [2.05, 4.69) is 17.6 Å². The molecule has 2 aliphatic rings. The average Bonchev–Trinajstić information content (AvgIpc) is 2.90. The first kappa shape index (κ1) is 14.2. The van der Waals surface area contributed by atoms with Crippen molar-refractivity contribution in [2.45, 2.75) is 50.7 Å². The van der Waals surface area contributed by atoms with Crippen LogP contribution in [0.15, 0.2) is 0 Å². The van der Waals surface area contributed by atoms with Crippen molar-refractivity contribution < 1.29 is 4.79 Å². The maximum atomic E-state index is 12.5. The second kappa shape index (κ2) is 6.80. The quantitative estimate of drug-likeness (QED) is 0.804. The van der Waals surface area contributed by atoms with E-state index in [9.17, 15) is 4.79 Å². The van der Waals surface area contributed by atoms with E-state index in [1.165, 1.54) is 18.6 Å². The second-order valence-electron chi connectivity index (χ2n) is 5.63. The van der Waals surface area contributed by atoms with Gasteiger partial charge in [-0.05, 0) is 50.9 Å². The van der Waals surface area contributed by atoms with E-state index in [0.717, 1.165) is 45.3 Å². The van der Waals surface area contributed by atoms with Crippen LogP contribution < -0.4 is 10.6 Å². The molecule has 0 bridgehead atoms. The Morgan fingerprint density at radius 2 is 2.22 bits per heavy atom. The third kappa shape index (κ3) is 3.41. The third-order valence-electron chi connectivity index (χ3n) is 4.29. The number of piperidine rings is 1. The summed E-state index contributed by atoms with van der Waals surface area (Å²) in [6.45, 7) is 5.05. The summed E-state index contributed by atoms with van der Waals surface area (Å²) in [4.78, 5) is 12.5. The van der Waals surface area contributed by atoms with Gasteiger partial charge in [0.2, 0.25) is 5.91 Å². The molecule has 1 amide bonds. The summed E-state index contributed by atoms with van der Waals surface area (Å²) >= 11 is 2.02. The lowest BCUT2D eigenvalue weighted by atomic mass is 9.74. The Labute approximate surface area is 115 Å². The molecule has 2 saturated heterocycles. The lowest BCUT2D eigenvalue weighted by Crippen LogP contribution is -2.48. The Morgan fingerprint density at radius 1 is 1.44 bits per heavy atom. The number of rotatable bonds is 5. The van der Waals surface area contributed by atoms with E-state index in [1.807, 2.05) is 11.8 Å². The lowest BCUT2D eigenvalue weighted by molar-refractivity contribution is -0.133. The maximum Gasteiger partial charge on any atom is 0.226 e. The first-order chi connectivity index (χ1) is 8.77. The first-order valence-corrected chi connectivity index (χ1v) is 8.42. The highest BCUT2D eigenvalue weighted by Crippen LogP contribution is 2.34. The van der Waals surface area contributed by atoms with Crippen LogP contribution in [0.1, 0.15) is 45.4 Å². The predicted octanol–water partition coefficient (Wildman–Crippen LogP) is 2.17. The molecule has 2 heterocycles. The molecule has 0 spiro atoms. The number of carbonyl (C=O) groups excluding carboxylic acids is 1. The van der Waals surface area contributed by atoms with Gasteiger partial charge in [0.1, 0.15) is 0 Å². The van der Waals surface area contributed by atoms with Crippen molar-refractivity contribution >= 4 is 17.7 Å². The SMILES string of the molecule is CCCC1(C(=O)NCC2CCCS2)CCNCC1. The van der Waals surface area contributed by atoms with E-state index in [-0.39, 0.29) is 5.41 Å². The summed E-state index contributed by atoms with van der Waals surface area (Å²) in [7, 11) is 0. The maximum absolute atomic E-state index is 12.5. The smallest absolute Gasteiger partial charge is 0.226 e. The Morgan fingerprint density at radius 3 is 2.83 bits per heavy atom. The number of nitrogens with one attached hydrogen (secondary N) is 2. The monoisotopic (exact) mass is 270 g/mol. The zero-order valence-corrected chi connectivity index (χ0v) is 12.3. The van der Waals surface area contributed by atoms with Crippen molar-refractivity contribution in [2.24, 2.45) is 5.41 Å². The Bertz CT molecular complexity index is 265. The molecule has 3 nitrogen and oxygen atoms in total. The summed E-state index contributed by atoms with van der Waals surface area (Å²) in [5.41, 5.74) is -0.0801. The van der Waals surface area contributed by atoms with Crippen LogP contribution in [0, 0.1) is 5.41 Å². The second-order valence-corrected chi connectivity index (χ2v) is 7.03. The summed E-state index contributed by atoms with van der Waals surface area (Å²) < 4.78 is 0. The van der Waals surface area contributed by atoms with Crippen LogP contribution in [0.5, 0.6) is 0 Å². The number of thioether (sulfide) groups is 1. The lowest BCUT2D eigenvalue weighted by Gasteiger charge is -2.36. The molecule has 104 valence electrons. The van der Waals surface area contributed by atoms with Crippen LogP contribution in [-0.2, 0) is 4.79 Å². The van der Waals surface area contributed by atoms with Gasteiger partial charge in [-0.1, -0.05) is 13.3 Å². The third-order valence-corrected chi connectivity index (χ3v) is 5.68. The Hall–Kier alpha value is -0.220. The van der Waals surface area contributed by atoms with Gasteiger partial charge in [0, 0.05) is 11.8 Å². The van der Waals surface area contributed by atoms with Crippen LogP contribution in [-0.4, -0.2) is 36.5 Å². The van der Waals surface area contributed by atoms with Gasteiger partial charge in [-0.15, -0.1) is 0 Å². The predicted molar refractivity (Wildman–Crippen MR) is 77.9 cm³/mol. The van der Waals surface area contributed by atoms with Crippen molar-refractivity contribution in [1.29, 1.82) is 0 Å². The van der Waals surface area contributed by atoms with Gasteiger partial charge in [0.05, 0.1) is 5.41 Å². The number of amides is 1. The summed E-state index contributed by atoms with van der Waals surface area (Å²) in [6.07, 6.45) is 6.74. The fourth-order valence-electron chi connectivity index (χ4n) is 3.17. The Balaban J connectivity index is 1.86. The highest BCUT2D eigenvalue weighted by molar-refractivity contribution is 8.00. The van der Waals surface area contributed by atoms with E-state index < -0.39 is 0 Å². The van der Waals surface area contributed by atoms with Crippen LogP contribution >= 0.6 is 11.8 Å². The molecule has 0 saturated carbocycles. The van der Waals surface area contributed by atoms with Gasteiger partial charge in [0.25, 0.3) is 0 Å². The van der Waals surface area contributed by atoms with Crippen molar-refractivity contribution in [2.75, 3.05) is 25.4 Å². The zero-order valence-electron chi connectivity index (χ0n) is 11.5. The molecule has 4 heteroatoms. The van der Waals surface area contributed by atoms with Gasteiger partial charge < -0.3 is 10.6 Å². The number of carbonyl (C=O) groups is 1. The molecule has 18 heavy (non-hydrogen) atoms. The summed E-state index contributed by atoms with van der Waals surface area (Å²) in [5, 5.41) is 7.26. The van der Waals surface area contributed by atoms with Crippen molar-refractivity contribution in [3.05, 3.63) is 0 Å². The molecule has 2 aliphatic heterocycles. The Kier molecular flexibility index (Phi) is 5.37. The molecule has 0 aromatic heterocycles. The highest BCUT2D eigenvalue weighted by Gasteiger charge is 2.38. The van der Waals surface area contributed by atoms with Gasteiger partial charge in [-0.2, -0.15) is 11.8 Å². The number of hydrogen-bond acceptors (Lipinski definition) is 3. The van der Waals surface area contributed by atoms with Gasteiger partial charge in [-0.3, -0.25) is 4.79 Å². The standard InChI is InChI=1S/C14H26N2OS/c1-2-5-14(6-8-15-9-7-14)13(17)16-11-12-4-3-10-18-12/h12,15H,2-11H2,1H3,(H,16,17). The fraction of sp³-hybridized carbons (Fsp3) is 0.929. The van der Waals surface area contributed by atoms with Gasteiger partial charge >= 0.3 is 0 Å². The van der Waals surface area contributed by atoms with Crippen LogP contribution in [0.4, 0.5) is 0 Å². The molecule has 0 aliphatic carbocycles. The van der Waals surface area contributed by atoms with Crippen LogP contribution in [0.2, 0.25) is 0 Å². The molecule has 1 unspecified atom stereocenters. The minimum atomic E-state index is -0.0801. The molecular weight excluding hydrogens is 244 g/mol. The van der Waals surface area contributed by atoms with E-state index >= 15 is 0 Å². The number of hydrogen-bond donors (Lipinski definition) is 2. The fourth-order valence-corrected chi connectivity index (χ4v) is 4.38. The van der Waals surface area contributed by atoms with Crippen molar-refractivity contribution in [3.8, 4) is 0 Å². The highest BCUT2D eigenvalue weighted by atomic mass is 32.2. The minimum Gasteiger partial charge on any atom is -0.355 e. The van der Waals surface area contributed by atoms with Crippen LogP contribution in [0.3, 0.4) is 0 Å². The van der Waals surface area contributed by atoms with E-state index in [4.69, 9.17) is 0 Å². The minimum absolute atomic E-state index is 0.0801. The normalized spacial score (nSPS) is 27.1. The molecule has 0 aromatic rings. The van der Waals surface area contributed by atoms with Gasteiger partial charge in [0.15, 0.2) is 0 Å². The molecule has 2 N–H and O–H groups in total. The molecule has 2 rings (SSSR count). The van der Waals surface area contributed by atoms with E-state index in [1.54, 1.807) is 0 Å². The zero-order chi connectivity index (χ0) is 12.8. The largest absolute Gasteiger partial charge is 0.355 e. The van der Waals surface area contributed by atoms with Crippen molar-refractivity contribution in [3.63, 3.8) is 0 Å². The van der Waals surface area contributed by atoms with Crippen LogP contribution in [0.25, 0.3) is 0 Å². The molecule has 0 radical (unpaired) electrons. The van der Waals surface area contributed by atoms with E-state index in [0.29, 0.717) is 11.2 Å². The average molecular weight is 270 g/mol. The van der Waals surface area contributed by atoms with Crippen molar-refractivity contribution in [1.82, 2.24) is 10.6 Å². The molecule has 2 fully saturated rings. The molecule has 0 aromatic carbocycles. The van der Waals surface area contributed by atoms with Gasteiger partial charge in [-0.25, -0.2) is 0 Å². The summed E-state index contributed by atoms with van der Waals surface area (Å²) in [6, 6.07) is 0. The molecular formula is C14H26N2OS. The summed E-state index contributed by atoms with van der Waals surface area (Å²) in [5.74, 6) is 1.59. The first-order valence-electron chi connectivity index (χ1n) is 7.37. The molecule has 1 atom stereocenters.